The van der Waals surface area contributed by atoms with Crippen LogP contribution in [-0.2, 0) is 14.3 Å². The smallest absolute Gasteiger partial charge is 0.302 e. The van der Waals surface area contributed by atoms with Crippen LogP contribution in [0, 0.1) is 39.9 Å². The van der Waals surface area contributed by atoms with Crippen molar-refractivity contribution in [1.29, 1.82) is 0 Å². The van der Waals surface area contributed by atoms with Gasteiger partial charge in [0.2, 0.25) is 0 Å². The van der Waals surface area contributed by atoms with Gasteiger partial charge in [0, 0.05) is 19.6 Å². The number of ether oxygens (including phenoxy) is 1. The minimum atomic E-state index is -1.16. The van der Waals surface area contributed by atoms with E-state index in [4.69, 9.17) is 6.11 Å². The summed E-state index contributed by atoms with van der Waals surface area (Å²) in [5.74, 6) is -1.12. The summed E-state index contributed by atoms with van der Waals surface area (Å²) >= 11 is 0. The van der Waals surface area contributed by atoms with Crippen molar-refractivity contribution in [1.82, 2.24) is 0 Å². The van der Waals surface area contributed by atoms with Crippen LogP contribution in [0.2, 0.25) is 0 Å². The molecule has 4 nitrogen and oxygen atoms in total. The number of hydrogen-bond acceptors (Lipinski definition) is 4. The number of ketones is 1. The number of carbonyl (C=O) groups excluding carboxylic acids is 2. The summed E-state index contributed by atoms with van der Waals surface area (Å²) in [6, 6.07) is 0. The van der Waals surface area contributed by atoms with Gasteiger partial charge in [0.1, 0.15) is 5.78 Å². The Balaban J connectivity index is 1.73. The molecule has 0 saturated heterocycles. The summed E-state index contributed by atoms with van der Waals surface area (Å²) in [6.45, 7) is 8.18. The third kappa shape index (κ3) is 2.17. The number of hydrogen-bond donors (Lipinski definition) is 1. The molecule has 0 heterocycles. The van der Waals surface area contributed by atoms with Gasteiger partial charge in [-0.15, -0.1) is 0 Å². The van der Waals surface area contributed by atoms with Crippen LogP contribution in [-0.4, -0.2) is 29.6 Å². The third-order valence-electron chi connectivity index (χ3n) is 8.98. The number of Topliss-reactive ketones (excluding diaryl/α,β-unsaturated/α-hetero) is 1. The van der Waals surface area contributed by atoms with Crippen LogP contribution in [0.25, 0.3) is 0 Å². The van der Waals surface area contributed by atoms with Gasteiger partial charge in [-0.25, -0.2) is 0 Å². The molecule has 4 aliphatic carbocycles. The highest BCUT2D eigenvalue weighted by Crippen LogP contribution is 2.71. The van der Waals surface area contributed by atoms with E-state index >= 15 is 0 Å². The van der Waals surface area contributed by atoms with E-state index in [9.17, 15) is 14.7 Å². The molecule has 2 bridgehead atoms. The van der Waals surface area contributed by atoms with Gasteiger partial charge in [0.25, 0.3) is 0 Å². The normalized spacial score (nSPS) is 56.3. The van der Waals surface area contributed by atoms with Crippen LogP contribution in [0.3, 0.4) is 0 Å². The maximum Gasteiger partial charge on any atom is 0.302 e. The van der Waals surface area contributed by atoms with Gasteiger partial charge >= 0.3 is 5.97 Å². The number of aliphatic hydroxyl groups is 1. The summed E-state index contributed by atoms with van der Waals surface area (Å²) in [5, 5.41) is 11.2. The van der Waals surface area contributed by atoms with Crippen LogP contribution < -0.4 is 0 Å². The van der Waals surface area contributed by atoms with Crippen LogP contribution in [0.4, 0.5) is 0 Å². The molecule has 4 saturated carbocycles. The van der Waals surface area contributed by atoms with E-state index in [1.54, 1.807) is 6.92 Å². The lowest BCUT2D eigenvalue weighted by atomic mass is 9.40. The van der Waals surface area contributed by atoms with Crippen LogP contribution in [0.1, 0.15) is 74.0 Å². The molecule has 4 rings (SSSR count). The fraction of sp³-hybridized carbons (Fsp3) is 0.909. The Morgan fingerprint density at radius 2 is 1.96 bits per heavy atom. The Kier molecular flexibility index (Phi) is 3.84. The number of rotatable bonds is 2. The van der Waals surface area contributed by atoms with E-state index < -0.39 is 17.4 Å². The molecule has 0 radical (unpaired) electrons. The molecule has 4 fully saturated rings. The fourth-order valence-corrected chi connectivity index (χ4v) is 7.90. The third-order valence-corrected chi connectivity index (χ3v) is 8.98. The molecule has 26 heavy (non-hydrogen) atoms. The summed E-state index contributed by atoms with van der Waals surface area (Å²) < 4.78 is 14.2. The van der Waals surface area contributed by atoms with Crippen LogP contribution in [0.15, 0.2) is 0 Å². The first-order valence-electron chi connectivity index (χ1n) is 10.9. The average Bonchev–Trinajstić information content (AvgIpc) is 2.67. The van der Waals surface area contributed by atoms with Crippen molar-refractivity contribution in [2.24, 2.45) is 39.9 Å². The number of esters is 1. The molecule has 1 N–H and O–H groups in total. The van der Waals surface area contributed by atoms with E-state index in [0.29, 0.717) is 18.9 Å². The van der Waals surface area contributed by atoms with Crippen molar-refractivity contribution in [3.8, 4) is 0 Å². The molecule has 0 aromatic rings. The zero-order chi connectivity index (χ0) is 19.8. The Bertz CT molecular complexity index is 675. The largest absolute Gasteiger partial charge is 0.465 e. The molecular formula is C22H34O4. The second-order valence-corrected chi connectivity index (χ2v) is 10.1. The van der Waals surface area contributed by atoms with Gasteiger partial charge in [-0.05, 0) is 61.7 Å². The lowest BCUT2D eigenvalue weighted by Crippen LogP contribution is -2.62. The van der Waals surface area contributed by atoms with Crippen molar-refractivity contribution in [3.05, 3.63) is 0 Å². The molecule has 1 unspecified atom stereocenters. The lowest BCUT2D eigenvalue weighted by molar-refractivity contribution is -0.196. The van der Waals surface area contributed by atoms with E-state index in [1.807, 2.05) is 0 Å². The Hall–Kier alpha value is -0.900. The van der Waals surface area contributed by atoms with Gasteiger partial charge in [-0.3, -0.25) is 9.59 Å². The van der Waals surface area contributed by atoms with Crippen molar-refractivity contribution in [3.63, 3.8) is 0 Å². The van der Waals surface area contributed by atoms with Gasteiger partial charge in [-0.2, -0.15) is 0 Å². The quantitative estimate of drug-likeness (QED) is 0.759. The van der Waals surface area contributed by atoms with Gasteiger partial charge in [-0.1, -0.05) is 27.2 Å². The monoisotopic (exact) mass is 363 g/mol. The minimum absolute atomic E-state index is 0.0121. The van der Waals surface area contributed by atoms with Gasteiger partial charge in [0.05, 0.1) is 18.1 Å². The Labute approximate surface area is 158 Å². The molecule has 0 amide bonds. The maximum atomic E-state index is 13.5. The molecule has 4 aliphatic rings. The number of aliphatic hydroxyl groups excluding tert-OH is 1. The predicted molar refractivity (Wildman–Crippen MR) is 98.2 cm³/mol. The highest BCUT2D eigenvalue weighted by atomic mass is 16.5. The van der Waals surface area contributed by atoms with E-state index in [2.05, 4.69) is 13.8 Å². The van der Waals surface area contributed by atoms with Crippen molar-refractivity contribution in [2.75, 3.05) is 6.61 Å². The highest BCUT2D eigenvalue weighted by molar-refractivity contribution is 5.91. The van der Waals surface area contributed by atoms with Crippen LogP contribution in [0.5, 0.6) is 0 Å². The zero-order valence-corrected chi connectivity index (χ0v) is 16.6. The summed E-state index contributed by atoms with van der Waals surface area (Å²) in [4.78, 5) is 24.9. The van der Waals surface area contributed by atoms with Crippen LogP contribution >= 0.6 is 0 Å². The summed E-state index contributed by atoms with van der Waals surface area (Å²) in [6.07, 6.45) is 5.72. The summed E-state index contributed by atoms with van der Waals surface area (Å²) in [5.41, 5.74) is -0.855. The Morgan fingerprint density at radius 3 is 2.65 bits per heavy atom. The highest BCUT2D eigenvalue weighted by Gasteiger charge is 2.71. The van der Waals surface area contributed by atoms with Gasteiger partial charge < -0.3 is 9.84 Å². The minimum Gasteiger partial charge on any atom is -0.465 e. The molecular weight excluding hydrogens is 328 g/mol. The van der Waals surface area contributed by atoms with Gasteiger partial charge in [0.15, 0.2) is 0 Å². The molecule has 1 spiro atoms. The average molecular weight is 364 g/mol. The first-order chi connectivity index (χ1) is 12.5. The molecule has 8 atom stereocenters. The molecule has 0 aromatic carbocycles. The zero-order valence-electron chi connectivity index (χ0n) is 17.6. The predicted octanol–water partition coefficient (Wildman–Crippen LogP) is 3.75. The molecule has 146 valence electrons. The van der Waals surface area contributed by atoms with Crippen molar-refractivity contribution >= 4 is 11.8 Å². The number of fused-ring (bicyclic) bond motifs is 3. The molecule has 0 aromatic heterocycles. The van der Waals surface area contributed by atoms with E-state index in [-0.39, 0.29) is 34.4 Å². The molecule has 0 aliphatic heterocycles. The number of carbonyl (C=O) groups is 2. The fourth-order valence-electron chi connectivity index (χ4n) is 7.90. The van der Waals surface area contributed by atoms with E-state index in [1.165, 1.54) is 6.92 Å². The standard InChI is InChI=1S/C22H34O4/c1-13-15-6-7-17-21(4)10-5-9-20(3,12-26-14(2)23)16(21)8-11-22(17,18(13)24)19(15)25/h13,15-17,19,25H,5-12H2,1-4H3/t13-,15+,16-,17+,19?,20-,21-,22-/m1/s1/i13D. The summed E-state index contributed by atoms with van der Waals surface area (Å²) in [7, 11) is 0. The maximum absolute atomic E-state index is 13.5. The SMILES string of the molecule is [2H][C@]1(C)C(=O)[C@@]23CC[C@@H]4[C@@](C)(COC(C)=O)CCC[C@@]4(C)[C@@H]2CC[C@@H]1C3O. The first-order valence-corrected chi connectivity index (χ1v) is 10.4. The Morgan fingerprint density at radius 1 is 1.23 bits per heavy atom. The second-order valence-electron chi connectivity index (χ2n) is 10.1. The molecule has 4 heteroatoms. The second kappa shape index (κ2) is 5.80. The van der Waals surface area contributed by atoms with E-state index in [0.717, 1.165) is 38.5 Å². The van der Waals surface area contributed by atoms with Crippen molar-refractivity contribution in [2.45, 2.75) is 78.7 Å². The first kappa shape index (κ1) is 17.2. The lowest BCUT2D eigenvalue weighted by Gasteiger charge is -2.64. The topological polar surface area (TPSA) is 63.6 Å². The van der Waals surface area contributed by atoms with Crippen molar-refractivity contribution < 1.29 is 20.8 Å².